The summed E-state index contributed by atoms with van der Waals surface area (Å²) in [6.45, 7) is 4.42. The molecule has 0 atom stereocenters. The molecule has 0 fully saturated rings. The minimum atomic E-state index is 1.23. The van der Waals surface area contributed by atoms with Crippen LogP contribution in [0.25, 0.3) is 66.1 Å². The quantitative estimate of drug-likeness (QED) is 0.207. The van der Waals surface area contributed by atoms with Crippen molar-refractivity contribution in [2.75, 3.05) is 0 Å². The SMILES string of the molecule is Cc1ccccc1-c1ccc(-c2c3ccccc3c(-c3cccc(-c4ccccc4)c3)c3ccccc23)cc1C. The molecule has 0 spiro atoms. The molecule has 7 aromatic rings. The van der Waals surface area contributed by atoms with E-state index in [0.29, 0.717) is 0 Å². The number of benzene rings is 7. The molecule has 0 heteroatoms. The molecule has 7 rings (SSSR count). The van der Waals surface area contributed by atoms with Gasteiger partial charge < -0.3 is 0 Å². The molecule has 0 heterocycles. The number of hydrogen-bond acceptors (Lipinski definition) is 0. The Morgan fingerprint density at radius 2 is 0.775 bits per heavy atom. The smallest absolute Gasteiger partial charge is 0.00262 e. The van der Waals surface area contributed by atoms with Crippen molar-refractivity contribution >= 4 is 21.5 Å². The highest BCUT2D eigenvalue weighted by Crippen LogP contribution is 2.44. The van der Waals surface area contributed by atoms with Gasteiger partial charge >= 0.3 is 0 Å². The van der Waals surface area contributed by atoms with Gasteiger partial charge in [-0.15, -0.1) is 0 Å². The van der Waals surface area contributed by atoms with E-state index >= 15 is 0 Å². The fraction of sp³-hybridized carbons (Fsp3) is 0.0500. The number of fused-ring (bicyclic) bond motifs is 2. The maximum Gasteiger partial charge on any atom is -0.00262 e. The van der Waals surface area contributed by atoms with E-state index in [2.05, 4.69) is 159 Å². The average molecular weight is 511 g/mol. The first kappa shape index (κ1) is 24.1. The summed E-state index contributed by atoms with van der Waals surface area (Å²) in [6, 6.07) is 53.0. The van der Waals surface area contributed by atoms with Gasteiger partial charge in [0.15, 0.2) is 0 Å². The summed E-state index contributed by atoms with van der Waals surface area (Å²) in [5.74, 6) is 0. The molecule has 0 N–H and O–H groups in total. The lowest BCUT2D eigenvalue weighted by molar-refractivity contribution is 1.41. The van der Waals surface area contributed by atoms with Crippen molar-refractivity contribution in [3.8, 4) is 44.5 Å². The summed E-state index contributed by atoms with van der Waals surface area (Å²) in [4.78, 5) is 0. The number of hydrogen-bond donors (Lipinski definition) is 0. The van der Waals surface area contributed by atoms with Gasteiger partial charge in [0.1, 0.15) is 0 Å². The van der Waals surface area contributed by atoms with E-state index in [1.54, 1.807) is 0 Å². The van der Waals surface area contributed by atoms with Crippen molar-refractivity contribution in [1.29, 1.82) is 0 Å². The second-order valence-corrected chi connectivity index (χ2v) is 10.6. The zero-order valence-electron chi connectivity index (χ0n) is 22.9. The molecule has 0 amide bonds. The van der Waals surface area contributed by atoms with Gasteiger partial charge in [-0.05, 0) is 97.1 Å². The van der Waals surface area contributed by atoms with E-state index in [9.17, 15) is 0 Å². The van der Waals surface area contributed by atoms with Gasteiger partial charge in [0, 0.05) is 0 Å². The molecule has 0 aliphatic carbocycles. The molecule has 0 unspecified atom stereocenters. The molecule has 0 aromatic heterocycles. The summed E-state index contributed by atoms with van der Waals surface area (Å²) in [7, 11) is 0. The third-order valence-corrected chi connectivity index (χ3v) is 8.14. The van der Waals surface area contributed by atoms with Crippen LogP contribution in [0.5, 0.6) is 0 Å². The highest BCUT2D eigenvalue weighted by molar-refractivity contribution is 6.21. The normalized spacial score (nSPS) is 11.2. The second-order valence-electron chi connectivity index (χ2n) is 10.6. The zero-order valence-corrected chi connectivity index (χ0v) is 22.9. The van der Waals surface area contributed by atoms with Crippen LogP contribution >= 0.6 is 0 Å². The molecule has 0 aliphatic heterocycles. The predicted octanol–water partition coefficient (Wildman–Crippen LogP) is 11.3. The van der Waals surface area contributed by atoms with Crippen LogP contribution in [0.1, 0.15) is 11.1 Å². The van der Waals surface area contributed by atoms with Gasteiger partial charge in [0.25, 0.3) is 0 Å². The highest BCUT2D eigenvalue weighted by Gasteiger charge is 2.17. The standard InChI is InChI=1S/C40H30/c1-27-13-6-7-18-33(27)34-24-23-32(25-28(34)2)40-37-21-10-8-19-35(37)39(36-20-9-11-22-38(36)40)31-17-12-16-30(26-31)29-14-4-3-5-15-29/h3-26H,1-2H3. The van der Waals surface area contributed by atoms with E-state index in [4.69, 9.17) is 0 Å². The molecule has 7 aromatic carbocycles. The molecule has 0 radical (unpaired) electrons. The van der Waals surface area contributed by atoms with Crippen LogP contribution in [0, 0.1) is 13.8 Å². The number of aryl methyl sites for hydroxylation is 2. The Balaban J connectivity index is 1.48. The first-order chi connectivity index (χ1) is 19.7. The topological polar surface area (TPSA) is 0 Å². The van der Waals surface area contributed by atoms with Crippen LogP contribution in [0.2, 0.25) is 0 Å². The summed E-state index contributed by atoms with van der Waals surface area (Å²) >= 11 is 0. The average Bonchev–Trinajstić information content (AvgIpc) is 3.01. The highest BCUT2D eigenvalue weighted by atomic mass is 14.2. The fourth-order valence-electron chi connectivity index (χ4n) is 6.23. The first-order valence-electron chi connectivity index (χ1n) is 14.0. The van der Waals surface area contributed by atoms with Crippen molar-refractivity contribution in [2.45, 2.75) is 13.8 Å². The Labute approximate surface area is 236 Å². The van der Waals surface area contributed by atoms with Crippen molar-refractivity contribution in [2.24, 2.45) is 0 Å². The predicted molar refractivity (Wildman–Crippen MR) is 173 cm³/mol. The number of rotatable bonds is 4. The van der Waals surface area contributed by atoms with Gasteiger partial charge in [-0.3, -0.25) is 0 Å². The zero-order chi connectivity index (χ0) is 27.1. The van der Waals surface area contributed by atoms with E-state index in [0.717, 1.165) is 0 Å². The van der Waals surface area contributed by atoms with Crippen LogP contribution < -0.4 is 0 Å². The third kappa shape index (κ3) is 4.10. The maximum atomic E-state index is 2.37. The Morgan fingerprint density at radius 3 is 1.38 bits per heavy atom. The second kappa shape index (κ2) is 9.98. The van der Waals surface area contributed by atoms with Crippen molar-refractivity contribution in [1.82, 2.24) is 0 Å². The third-order valence-electron chi connectivity index (χ3n) is 8.14. The van der Waals surface area contributed by atoms with Gasteiger partial charge in [-0.25, -0.2) is 0 Å². The van der Waals surface area contributed by atoms with Crippen molar-refractivity contribution in [3.05, 3.63) is 157 Å². The Hall–Kier alpha value is -4.94. The molecular formula is C40H30. The minimum absolute atomic E-state index is 1.23. The lowest BCUT2D eigenvalue weighted by atomic mass is 9.84. The van der Waals surface area contributed by atoms with Crippen molar-refractivity contribution in [3.63, 3.8) is 0 Å². The van der Waals surface area contributed by atoms with E-state index < -0.39 is 0 Å². The van der Waals surface area contributed by atoms with Crippen LogP contribution in [-0.2, 0) is 0 Å². The molecule has 0 saturated heterocycles. The molecule has 0 saturated carbocycles. The molecule has 0 aliphatic rings. The van der Waals surface area contributed by atoms with Crippen molar-refractivity contribution < 1.29 is 0 Å². The Morgan fingerprint density at radius 1 is 0.300 bits per heavy atom. The largest absolute Gasteiger partial charge is 0.0622 e. The van der Waals surface area contributed by atoms with E-state index in [1.165, 1.54) is 77.2 Å². The van der Waals surface area contributed by atoms with Gasteiger partial charge in [0.2, 0.25) is 0 Å². The van der Waals surface area contributed by atoms with Crippen LogP contribution in [0.3, 0.4) is 0 Å². The van der Waals surface area contributed by atoms with E-state index in [1.807, 2.05) is 0 Å². The van der Waals surface area contributed by atoms with Crippen LogP contribution in [-0.4, -0.2) is 0 Å². The van der Waals surface area contributed by atoms with E-state index in [-0.39, 0.29) is 0 Å². The van der Waals surface area contributed by atoms with Gasteiger partial charge in [-0.2, -0.15) is 0 Å². The van der Waals surface area contributed by atoms with Gasteiger partial charge in [0.05, 0.1) is 0 Å². The molecule has 190 valence electrons. The lowest BCUT2D eigenvalue weighted by Gasteiger charge is -2.19. The minimum Gasteiger partial charge on any atom is -0.0622 e. The first-order valence-corrected chi connectivity index (χ1v) is 14.0. The summed E-state index contributed by atoms with van der Waals surface area (Å²) in [6.07, 6.45) is 0. The summed E-state index contributed by atoms with van der Waals surface area (Å²) < 4.78 is 0. The molecular weight excluding hydrogens is 480 g/mol. The molecule has 40 heavy (non-hydrogen) atoms. The maximum absolute atomic E-state index is 2.37. The Kier molecular flexibility index (Phi) is 6.02. The molecule has 0 bridgehead atoms. The van der Waals surface area contributed by atoms with Gasteiger partial charge in [-0.1, -0.05) is 140 Å². The van der Waals surface area contributed by atoms with Crippen LogP contribution in [0.15, 0.2) is 146 Å². The lowest BCUT2D eigenvalue weighted by Crippen LogP contribution is -1.93. The fourth-order valence-corrected chi connectivity index (χ4v) is 6.23. The Bertz CT molecular complexity index is 1950. The summed E-state index contributed by atoms with van der Waals surface area (Å²) in [5, 5.41) is 5.12. The van der Waals surface area contributed by atoms with Crippen LogP contribution in [0.4, 0.5) is 0 Å². The monoisotopic (exact) mass is 510 g/mol. The summed E-state index contributed by atoms with van der Waals surface area (Å²) in [5.41, 5.74) is 12.7. The molecule has 0 nitrogen and oxygen atoms in total.